The maximum absolute atomic E-state index is 6.12. The molecule has 0 saturated carbocycles. The summed E-state index contributed by atoms with van der Waals surface area (Å²) in [4.78, 5) is 4.48. The molecule has 3 nitrogen and oxygen atoms in total. The summed E-state index contributed by atoms with van der Waals surface area (Å²) in [5, 5.41) is 5.23. The Hall–Kier alpha value is -1.13. The minimum atomic E-state index is 0.426. The van der Waals surface area contributed by atoms with Crippen molar-refractivity contribution in [3.8, 4) is 0 Å². The number of halogens is 4. The van der Waals surface area contributed by atoms with Crippen molar-refractivity contribution in [2.24, 2.45) is 0 Å². The molecule has 0 bridgehead atoms. The molecule has 0 unspecified atom stereocenters. The van der Waals surface area contributed by atoms with Crippen molar-refractivity contribution in [2.75, 3.05) is 5.32 Å². The third-order valence-electron chi connectivity index (χ3n) is 2.93. The zero-order valence-corrected chi connectivity index (χ0v) is 13.6. The Balaban J connectivity index is 1.81. The molecule has 0 aliphatic rings. The number of imidazole rings is 1. The van der Waals surface area contributed by atoms with E-state index in [2.05, 4.69) is 10.3 Å². The number of hydrogen-bond donors (Lipinski definition) is 1. The van der Waals surface area contributed by atoms with E-state index in [0.717, 1.165) is 11.3 Å². The predicted molar refractivity (Wildman–Crippen MR) is 89.0 cm³/mol. The Kier molecular flexibility index (Phi) is 4.18. The molecule has 108 valence electrons. The van der Waals surface area contributed by atoms with Gasteiger partial charge in [0.15, 0.2) is 0 Å². The SMILES string of the molecule is Clc1ccc2nc(CNc3cc(Cl)c(Cl)cc3Cl)cn2c1. The molecular weight excluding hydrogens is 352 g/mol. The average molecular weight is 361 g/mol. The molecule has 1 N–H and O–H groups in total. The number of aromatic nitrogens is 2. The zero-order valence-electron chi connectivity index (χ0n) is 10.6. The minimum Gasteiger partial charge on any atom is -0.378 e. The lowest BCUT2D eigenvalue weighted by atomic mass is 10.3. The molecule has 2 aromatic heterocycles. The van der Waals surface area contributed by atoms with E-state index in [0.29, 0.717) is 32.3 Å². The highest BCUT2D eigenvalue weighted by Gasteiger charge is 2.07. The molecule has 0 atom stereocenters. The van der Waals surface area contributed by atoms with Crippen LogP contribution in [-0.2, 0) is 6.54 Å². The van der Waals surface area contributed by atoms with Crippen molar-refractivity contribution in [3.63, 3.8) is 0 Å². The molecule has 0 aliphatic carbocycles. The first-order chi connectivity index (χ1) is 10.0. The Morgan fingerprint density at radius 3 is 2.52 bits per heavy atom. The van der Waals surface area contributed by atoms with Crippen molar-refractivity contribution in [1.82, 2.24) is 9.38 Å². The molecule has 1 aromatic carbocycles. The molecule has 0 spiro atoms. The molecular formula is C14H9Cl4N3. The van der Waals surface area contributed by atoms with E-state index in [9.17, 15) is 0 Å². The van der Waals surface area contributed by atoms with Gasteiger partial charge in [-0.2, -0.15) is 0 Å². The smallest absolute Gasteiger partial charge is 0.137 e. The zero-order chi connectivity index (χ0) is 15.0. The monoisotopic (exact) mass is 359 g/mol. The van der Waals surface area contributed by atoms with E-state index in [1.807, 2.05) is 16.7 Å². The number of rotatable bonds is 3. The Morgan fingerprint density at radius 1 is 0.952 bits per heavy atom. The molecule has 0 radical (unpaired) electrons. The standard InChI is InChI=1S/C14H9Cl4N3/c15-8-1-2-14-20-9(7-21(14)6-8)5-19-13-4-11(17)10(16)3-12(13)18/h1-4,6-7,19H,5H2. The van der Waals surface area contributed by atoms with Crippen LogP contribution in [0.2, 0.25) is 20.1 Å². The second kappa shape index (κ2) is 5.93. The van der Waals surface area contributed by atoms with Crippen molar-refractivity contribution in [3.05, 3.63) is 62.4 Å². The van der Waals surface area contributed by atoms with Gasteiger partial charge in [0.05, 0.1) is 38.0 Å². The van der Waals surface area contributed by atoms with Gasteiger partial charge in [0.25, 0.3) is 0 Å². The van der Waals surface area contributed by atoms with Gasteiger partial charge in [-0.05, 0) is 24.3 Å². The molecule has 7 heteroatoms. The predicted octanol–water partition coefficient (Wildman–Crippen LogP) is 5.56. The summed E-state index contributed by atoms with van der Waals surface area (Å²) < 4.78 is 1.87. The Bertz CT molecular complexity index is 813. The quantitative estimate of drug-likeness (QED) is 0.619. The Labute approximate surface area is 141 Å². The number of pyridine rings is 1. The van der Waals surface area contributed by atoms with Crippen LogP contribution in [0.5, 0.6) is 0 Å². The maximum atomic E-state index is 6.12. The lowest BCUT2D eigenvalue weighted by molar-refractivity contribution is 1.08. The first kappa shape index (κ1) is 14.8. The van der Waals surface area contributed by atoms with Crippen LogP contribution in [0.4, 0.5) is 5.69 Å². The molecule has 3 rings (SSSR count). The van der Waals surface area contributed by atoms with Crippen LogP contribution < -0.4 is 5.32 Å². The fourth-order valence-corrected chi connectivity index (χ4v) is 2.73. The number of nitrogens with zero attached hydrogens (tertiary/aromatic N) is 2. The third kappa shape index (κ3) is 3.22. The third-order valence-corrected chi connectivity index (χ3v) is 4.19. The summed E-state index contributed by atoms with van der Waals surface area (Å²) in [6, 6.07) is 6.96. The first-order valence-electron chi connectivity index (χ1n) is 6.04. The van der Waals surface area contributed by atoms with Crippen molar-refractivity contribution in [1.29, 1.82) is 0 Å². The number of hydrogen-bond acceptors (Lipinski definition) is 2. The van der Waals surface area contributed by atoms with Crippen molar-refractivity contribution >= 4 is 57.7 Å². The van der Waals surface area contributed by atoms with Gasteiger partial charge in [0, 0.05) is 12.4 Å². The molecule has 2 heterocycles. The van der Waals surface area contributed by atoms with Gasteiger partial charge in [-0.1, -0.05) is 46.4 Å². The first-order valence-corrected chi connectivity index (χ1v) is 7.55. The number of benzene rings is 1. The number of fused-ring (bicyclic) bond motifs is 1. The van der Waals surface area contributed by atoms with Crippen molar-refractivity contribution in [2.45, 2.75) is 6.54 Å². The van der Waals surface area contributed by atoms with E-state index < -0.39 is 0 Å². The molecule has 0 aliphatic heterocycles. The van der Waals surface area contributed by atoms with Gasteiger partial charge in [-0.3, -0.25) is 0 Å². The summed E-state index contributed by atoms with van der Waals surface area (Å²) >= 11 is 23.9. The average Bonchev–Trinajstić information content (AvgIpc) is 2.83. The summed E-state index contributed by atoms with van der Waals surface area (Å²) in [7, 11) is 0. The summed E-state index contributed by atoms with van der Waals surface area (Å²) in [5.41, 5.74) is 2.40. The van der Waals surface area contributed by atoms with Crippen LogP contribution in [0, 0.1) is 0 Å². The van der Waals surface area contributed by atoms with Gasteiger partial charge in [-0.15, -0.1) is 0 Å². The normalized spacial score (nSPS) is 11.0. The summed E-state index contributed by atoms with van der Waals surface area (Å²) in [6.45, 7) is 0.511. The van der Waals surface area contributed by atoms with Gasteiger partial charge >= 0.3 is 0 Å². The van der Waals surface area contributed by atoms with Crippen LogP contribution in [0.15, 0.2) is 36.7 Å². The van der Waals surface area contributed by atoms with Gasteiger partial charge in [0.1, 0.15) is 5.65 Å². The fraction of sp³-hybridized carbons (Fsp3) is 0.0714. The van der Waals surface area contributed by atoms with Crippen molar-refractivity contribution < 1.29 is 0 Å². The molecule has 3 aromatic rings. The number of anilines is 1. The summed E-state index contributed by atoms with van der Waals surface area (Å²) in [5.74, 6) is 0. The molecule has 0 amide bonds. The van der Waals surface area contributed by atoms with Gasteiger partial charge < -0.3 is 9.72 Å². The minimum absolute atomic E-state index is 0.426. The lowest BCUT2D eigenvalue weighted by Gasteiger charge is -2.08. The maximum Gasteiger partial charge on any atom is 0.137 e. The van der Waals surface area contributed by atoms with E-state index >= 15 is 0 Å². The summed E-state index contributed by atoms with van der Waals surface area (Å²) in [6.07, 6.45) is 3.71. The van der Waals surface area contributed by atoms with Crippen LogP contribution in [0.3, 0.4) is 0 Å². The fourth-order valence-electron chi connectivity index (χ4n) is 1.95. The van der Waals surface area contributed by atoms with Gasteiger partial charge in [-0.25, -0.2) is 4.98 Å². The van der Waals surface area contributed by atoms with Crippen LogP contribution in [-0.4, -0.2) is 9.38 Å². The second-order valence-corrected chi connectivity index (χ2v) is 6.10. The Morgan fingerprint density at radius 2 is 1.71 bits per heavy atom. The second-order valence-electron chi connectivity index (χ2n) is 4.44. The van der Waals surface area contributed by atoms with E-state index in [4.69, 9.17) is 46.4 Å². The topological polar surface area (TPSA) is 29.3 Å². The number of nitrogens with one attached hydrogen (secondary N) is 1. The van der Waals surface area contributed by atoms with E-state index in [1.54, 1.807) is 24.4 Å². The highest BCUT2D eigenvalue weighted by molar-refractivity contribution is 6.44. The van der Waals surface area contributed by atoms with Gasteiger partial charge in [0.2, 0.25) is 0 Å². The largest absolute Gasteiger partial charge is 0.378 e. The lowest BCUT2D eigenvalue weighted by Crippen LogP contribution is -2.00. The van der Waals surface area contributed by atoms with Crippen LogP contribution in [0.25, 0.3) is 5.65 Å². The van der Waals surface area contributed by atoms with Crippen LogP contribution >= 0.6 is 46.4 Å². The molecule has 21 heavy (non-hydrogen) atoms. The highest BCUT2D eigenvalue weighted by Crippen LogP contribution is 2.32. The molecule has 0 fully saturated rings. The molecule has 0 saturated heterocycles. The van der Waals surface area contributed by atoms with E-state index in [-0.39, 0.29) is 0 Å². The van der Waals surface area contributed by atoms with E-state index in [1.165, 1.54) is 0 Å². The highest BCUT2D eigenvalue weighted by atomic mass is 35.5. The van der Waals surface area contributed by atoms with Crippen LogP contribution in [0.1, 0.15) is 5.69 Å².